The second-order valence-electron chi connectivity index (χ2n) is 31.8. The van der Waals surface area contributed by atoms with E-state index < -0.39 is 0 Å². The van der Waals surface area contributed by atoms with E-state index in [0.29, 0.717) is 11.9 Å². The smallest absolute Gasteiger partial charge is 0.234 e. The van der Waals surface area contributed by atoms with E-state index in [4.69, 9.17) is 19.9 Å². The first-order valence-corrected chi connectivity index (χ1v) is 42.1. The Labute approximate surface area is 716 Å². The van der Waals surface area contributed by atoms with Crippen LogP contribution in [0.3, 0.4) is 0 Å². The molecule has 580 valence electrons. The van der Waals surface area contributed by atoms with E-state index in [-0.39, 0.29) is 0 Å². The Morgan fingerprint density at radius 2 is 0.306 bits per heavy atom. The quantitative estimate of drug-likeness (QED) is 0.109. The number of hydrogen-bond acceptors (Lipinski definition) is 4. The monoisotopic (exact) mass is 1580 g/mol. The van der Waals surface area contributed by atoms with Crippen molar-refractivity contribution in [2.75, 3.05) is 0 Å². The summed E-state index contributed by atoms with van der Waals surface area (Å²) in [4.78, 5) is 20.1. The summed E-state index contributed by atoms with van der Waals surface area (Å²) in [5.41, 5.74) is 34.3. The fourth-order valence-electron chi connectivity index (χ4n) is 18.4. The first kappa shape index (κ1) is 72.5. The van der Waals surface area contributed by atoms with Gasteiger partial charge in [0.05, 0.1) is 44.1 Å². The summed E-state index contributed by atoms with van der Waals surface area (Å²) < 4.78 is 9.09. The lowest BCUT2D eigenvalue weighted by Crippen LogP contribution is -2.00. The molecule has 18 aromatic carbocycles. The van der Waals surface area contributed by atoms with Crippen molar-refractivity contribution in [2.45, 2.75) is 0 Å². The molecule has 0 fully saturated rings. The fraction of sp³-hybridized carbons (Fsp3) is 0. The zero-order valence-corrected chi connectivity index (χ0v) is 67.5. The van der Waals surface area contributed by atoms with Crippen LogP contribution >= 0.6 is 0 Å². The van der Waals surface area contributed by atoms with Crippen LogP contribution in [0, 0.1) is 0 Å². The van der Waals surface area contributed by atoms with E-state index in [1.54, 1.807) is 0 Å². The summed E-state index contributed by atoms with van der Waals surface area (Å²) in [5, 5.41) is 9.62. The van der Waals surface area contributed by atoms with E-state index >= 15 is 0 Å². The van der Waals surface area contributed by atoms with Gasteiger partial charge in [0.15, 0.2) is 0 Å². The van der Waals surface area contributed by atoms with Gasteiger partial charge in [-0.1, -0.05) is 303 Å². The molecular weight excluding hydrogens is 1510 g/mol. The molecule has 0 radical (unpaired) electrons. The maximum atomic E-state index is 5.07. The van der Waals surface area contributed by atoms with Crippen LogP contribution < -0.4 is 0 Å². The van der Waals surface area contributed by atoms with Gasteiger partial charge in [-0.3, -0.25) is 9.13 Å². The van der Waals surface area contributed by atoms with E-state index in [2.05, 4.69) is 455 Å². The molecule has 24 rings (SSSR count). The van der Waals surface area contributed by atoms with Crippen molar-refractivity contribution in [3.63, 3.8) is 0 Å². The zero-order chi connectivity index (χ0) is 82.0. The van der Waals surface area contributed by atoms with Crippen LogP contribution in [0.1, 0.15) is 0 Å². The molecule has 0 amide bonds. The lowest BCUT2D eigenvalue weighted by atomic mass is 9.93. The van der Waals surface area contributed by atoms with E-state index in [0.717, 1.165) is 94.3 Å². The number of benzene rings is 18. The summed E-state index contributed by atoms with van der Waals surface area (Å²) in [6, 6.07) is 156. The SMILES string of the molecule is c1ccc(-c2cc(-c3ccccc3)cc(-c3ccc(-c4cnc(-n5c6ccccc6c6cc(-c7ccc8c(c7)c7ccccc7n8-c7ccccc7)ccc65)nc4)cc3)c2)cc1.c1ccc(-c2ccc(-c3cc(-c4ccccc4)cc(-c4cnc(-n5c6ccccc6c6cc(-c7ccc8c(c7)c7ccccc7n8-c7ccccc7)ccc65)nc4)c3)cc2)cc1. The molecule has 0 atom stereocenters. The number of hydrogen-bond donors (Lipinski definition) is 0. The maximum Gasteiger partial charge on any atom is 0.234 e. The third-order valence-corrected chi connectivity index (χ3v) is 24.5. The predicted molar refractivity (Wildman–Crippen MR) is 516 cm³/mol. The van der Waals surface area contributed by atoms with E-state index in [1.165, 1.54) is 116 Å². The van der Waals surface area contributed by atoms with Gasteiger partial charge >= 0.3 is 0 Å². The number of fused-ring (bicyclic) bond motifs is 12. The van der Waals surface area contributed by atoms with Crippen molar-refractivity contribution in [3.05, 3.63) is 462 Å². The Bertz CT molecular complexity index is 8080. The van der Waals surface area contributed by atoms with Crippen LogP contribution in [0.25, 0.3) is 222 Å². The maximum absolute atomic E-state index is 5.07. The summed E-state index contributed by atoms with van der Waals surface area (Å²) >= 11 is 0. The minimum absolute atomic E-state index is 0.638. The summed E-state index contributed by atoms with van der Waals surface area (Å²) in [6.07, 6.45) is 7.81. The van der Waals surface area contributed by atoms with Gasteiger partial charge in [0.2, 0.25) is 11.9 Å². The van der Waals surface area contributed by atoms with Crippen LogP contribution in [0.15, 0.2) is 462 Å². The molecule has 6 aromatic heterocycles. The second kappa shape index (κ2) is 30.9. The Kier molecular flexibility index (Phi) is 18.1. The normalized spacial score (nSPS) is 11.5. The first-order valence-electron chi connectivity index (χ1n) is 42.1. The van der Waals surface area contributed by atoms with Gasteiger partial charge in [0.25, 0.3) is 0 Å². The van der Waals surface area contributed by atoms with E-state index in [1.807, 2.05) is 24.8 Å². The van der Waals surface area contributed by atoms with Gasteiger partial charge in [0, 0.05) is 90.4 Å². The molecule has 6 heterocycles. The summed E-state index contributed by atoms with van der Waals surface area (Å²) in [7, 11) is 0. The summed E-state index contributed by atoms with van der Waals surface area (Å²) in [5.74, 6) is 1.28. The van der Waals surface area contributed by atoms with Gasteiger partial charge in [-0.15, -0.1) is 0 Å². The van der Waals surface area contributed by atoms with Crippen molar-refractivity contribution in [2.24, 2.45) is 0 Å². The number of aromatic nitrogens is 8. The number of nitrogens with zero attached hydrogens (tertiary/aromatic N) is 8. The number of rotatable bonds is 14. The molecule has 0 saturated carbocycles. The highest BCUT2D eigenvalue weighted by Gasteiger charge is 2.22. The van der Waals surface area contributed by atoms with Crippen molar-refractivity contribution >= 4 is 87.2 Å². The first-order chi connectivity index (χ1) is 61.5. The zero-order valence-electron chi connectivity index (χ0n) is 67.5. The van der Waals surface area contributed by atoms with Crippen molar-refractivity contribution in [3.8, 4) is 135 Å². The highest BCUT2D eigenvalue weighted by molar-refractivity contribution is 6.15. The summed E-state index contributed by atoms with van der Waals surface area (Å²) in [6.45, 7) is 0. The lowest BCUT2D eigenvalue weighted by molar-refractivity contribution is 0.990. The topological polar surface area (TPSA) is 71.3 Å². The highest BCUT2D eigenvalue weighted by atomic mass is 15.2. The minimum Gasteiger partial charge on any atom is -0.309 e. The average Bonchev–Trinajstić information content (AvgIpc) is 1.59. The van der Waals surface area contributed by atoms with E-state index in [9.17, 15) is 0 Å². The molecule has 0 spiro atoms. The third-order valence-electron chi connectivity index (χ3n) is 24.5. The Morgan fingerprint density at radius 3 is 0.597 bits per heavy atom. The molecule has 24 aromatic rings. The van der Waals surface area contributed by atoms with Crippen LogP contribution in [0.5, 0.6) is 0 Å². The Balaban J connectivity index is 0.000000143. The van der Waals surface area contributed by atoms with Crippen LogP contribution in [0.4, 0.5) is 0 Å². The van der Waals surface area contributed by atoms with Crippen LogP contribution in [-0.2, 0) is 0 Å². The molecule has 124 heavy (non-hydrogen) atoms. The Morgan fingerprint density at radius 1 is 0.121 bits per heavy atom. The van der Waals surface area contributed by atoms with Gasteiger partial charge < -0.3 is 9.13 Å². The molecule has 0 unspecified atom stereocenters. The molecule has 0 saturated heterocycles. The fourth-order valence-corrected chi connectivity index (χ4v) is 18.4. The van der Waals surface area contributed by atoms with Crippen LogP contribution in [-0.4, -0.2) is 38.2 Å². The predicted octanol–water partition coefficient (Wildman–Crippen LogP) is 30.0. The second-order valence-corrected chi connectivity index (χ2v) is 31.8. The molecule has 0 aliphatic heterocycles. The molecule has 0 bridgehead atoms. The Hall–Kier alpha value is -16.7. The van der Waals surface area contributed by atoms with Crippen molar-refractivity contribution in [1.82, 2.24) is 38.2 Å². The van der Waals surface area contributed by atoms with Crippen molar-refractivity contribution < 1.29 is 0 Å². The third kappa shape index (κ3) is 13.1. The van der Waals surface area contributed by atoms with Crippen LogP contribution in [0.2, 0.25) is 0 Å². The lowest BCUT2D eigenvalue weighted by Gasteiger charge is -2.12. The van der Waals surface area contributed by atoms with Gasteiger partial charge in [-0.05, 0) is 234 Å². The molecule has 8 nitrogen and oxygen atoms in total. The molecule has 0 aliphatic rings. The van der Waals surface area contributed by atoms with Gasteiger partial charge in [-0.2, -0.15) is 0 Å². The van der Waals surface area contributed by atoms with Gasteiger partial charge in [-0.25, -0.2) is 19.9 Å². The minimum atomic E-state index is 0.638. The molecule has 0 N–H and O–H groups in total. The number of para-hydroxylation sites is 6. The van der Waals surface area contributed by atoms with Crippen molar-refractivity contribution in [1.29, 1.82) is 0 Å². The molecule has 0 aliphatic carbocycles. The highest BCUT2D eigenvalue weighted by Crippen LogP contribution is 2.44. The standard InChI is InChI=1S/2C58H38N4/c1-4-14-39(15-5-1)45-32-46(40-16-6-2-7-17-40)34-47(33-45)41-24-26-42(27-25-41)48-37-59-58(60-38-48)62-55-23-13-11-21-51(55)53-36-44(29-31-57(53)62)43-28-30-56-52(35-43)50-20-10-12-22-54(50)61(56)49-18-8-3-9-19-49;1-4-14-39(15-5-1)41-24-26-42(27-25-41)46-32-45(40-16-6-2-7-17-40)33-47(34-46)48-37-59-58(60-38-48)62-55-23-13-11-21-51(55)53-36-44(29-31-57(53)62)43-28-30-56-52(35-43)50-20-10-12-22-54(50)61(56)49-18-8-3-9-19-49/h2*1-38H. The molecular formula is C116H76N8. The largest absolute Gasteiger partial charge is 0.309 e. The molecule has 8 heteroatoms. The average molecular weight is 1580 g/mol. The van der Waals surface area contributed by atoms with Gasteiger partial charge in [0.1, 0.15) is 0 Å².